The van der Waals surface area contributed by atoms with Crippen LogP contribution in [0.25, 0.3) is 0 Å². The molecule has 0 saturated carbocycles. The number of hydrogen-bond donors (Lipinski definition) is 1. The summed E-state index contributed by atoms with van der Waals surface area (Å²) in [4.78, 5) is 24.3. The molecule has 5 heteroatoms. The number of ether oxygens (including phenoxy) is 2. The lowest BCUT2D eigenvalue weighted by Gasteiger charge is -2.15. The molecule has 0 fully saturated rings. The zero-order valence-electron chi connectivity index (χ0n) is 34.6. The van der Waals surface area contributed by atoms with Gasteiger partial charge in [0.05, 0.1) is 6.61 Å². The molecule has 0 aromatic heterocycles. The molecule has 0 bridgehead atoms. The molecule has 1 atom stereocenters. The summed E-state index contributed by atoms with van der Waals surface area (Å²) in [6.07, 6.45) is 53.7. The first-order valence-corrected chi connectivity index (χ1v) is 22.5. The summed E-state index contributed by atoms with van der Waals surface area (Å²) in [5.41, 5.74) is 0. The van der Waals surface area contributed by atoms with Gasteiger partial charge in [-0.1, -0.05) is 185 Å². The third-order valence-electron chi connectivity index (χ3n) is 9.88. The van der Waals surface area contributed by atoms with Gasteiger partial charge in [-0.15, -0.1) is 0 Å². The first-order valence-electron chi connectivity index (χ1n) is 22.5. The van der Waals surface area contributed by atoms with E-state index < -0.39 is 6.10 Å². The molecule has 0 heterocycles. The molecule has 0 aliphatic heterocycles. The van der Waals surface area contributed by atoms with Crippen LogP contribution in [0, 0.1) is 0 Å². The van der Waals surface area contributed by atoms with Gasteiger partial charge in [-0.3, -0.25) is 9.59 Å². The van der Waals surface area contributed by atoms with E-state index >= 15 is 0 Å². The van der Waals surface area contributed by atoms with E-state index in [2.05, 4.69) is 50.3 Å². The van der Waals surface area contributed by atoms with Gasteiger partial charge in [0.1, 0.15) is 6.61 Å². The average molecular weight is 731 g/mol. The van der Waals surface area contributed by atoms with Crippen molar-refractivity contribution < 1.29 is 24.2 Å². The Morgan fingerprint density at radius 3 is 1.17 bits per heavy atom. The van der Waals surface area contributed by atoms with Crippen molar-refractivity contribution in [3.63, 3.8) is 0 Å². The van der Waals surface area contributed by atoms with Gasteiger partial charge in [-0.05, 0) is 70.6 Å². The average Bonchev–Trinajstić information content (AvgIpc) is 3.15. The smallest absolute Gasteiger partial charge is 0.306 e. The van der Waals surface area contributed by atoms with Crippen LogP contribution in [0.1, 0.15) is 232 Å². The maximum absolute atomic E-state index is 12.2. The molecule has 0 aromatic rings. The van der Waals surface area contributed by atoms with Gasteiger partial charge < -0.3 is 14.6 Å². The number of aliphatic hydroxyl groups is 1. The molecule has 0 radical (unpaired) electrons. The van der Waals surface area contributed by atoms with E-state index in [-0.39, 0.29) is 25.2 Å². The van der Waals surface area contributed by atoms with Gasteiger partial charge in [0.25, 0.3) is 0 Å². The van der Waals surface area contributed by atoms with Gasteiger partial charge in [0.15, 0.2) is 6.10 Å². The van der Waals surface area contributed by atoms with E-state index in [0.29, 0.717) is 12.8 Å². The molecule has 52 heavy (non-hydrogen) atoms. The predicted octanol–water partition coefficient (Wildman–Crippen LogP) is 14.4. The topological polar surface area (TPSA) is 72.8 Å². The van der Waals surface area contributed by atoms with Crippen molar-refractivity contribution in [2.24, 2.45) is 0 Å². The summed E-state index contributed by atoms with van der Waals surface area (Å²) in [6, 6.07) is 0. The van der Waals surface area contributed by atoms with Crippen LogP contribution in [0.5, 0.6) is 0 Å². The molecule has 0 spiro atoms. The Kier molecular flexibility index (Phi) is 42.0. The number of allylic oxidation sites excluding steroid dienone is 6. The number of hydrogen-bond acceptors (Lipinski definition) is 5. The van der Waals surface area contributed by atoms with Crippen LogP contribution >= 0.6 is 0 Å². The Morgan fingerprint density at radius 1 is 0.423 bits per heavy atom. The van der Waals surface area contributed by atoms with Crippen LogP contribution in [0.15, 0.2) is 36.5 Å². The second kappa shape index (κ2) is 43.5. The highest BCUT2D eigenvalue weighted by molar-refractivity contribution is 5.70. The number of rotatable bonds is 41. The standard InChI is InChI=1S/C47H86O5/c1-3-5-7-9-11-13-15-17-19-20-21-22-23-24-25-26-28-29-31-33-35-37-39-41-46(49)51-44-45(43-48)52-47(50)42-40-38-36-34-32-30-27-18-16-14-12-10-8-6-4-2/h14,16,26,28,33,35,45,48H,3-13,15,17-25,27,29-32,34,36-44H2,1-2H3/b16-14+,28-26+,35-33+/t45-/m0/s1. The highest BCUT2D eigenvalue weighted by Gasteiger charge is 2.16. The van der Waals surface area contributed by atoms with E-state index in [4.69, 9.17) is 9.47 Å². The summed E-state index contributed by atoms with van der Waals surface area (Å²) in [5, 5.41) is 9.57. The number of aliphatic hydroxyl groups excluding tert-OH is 1. The lowest BCUT2D eigenvalue weighted by atomic mass is 10.0. The van der Waals surface area contributed by atoms with Crippen molar-refractivity contribution in [1.82, 2.24) is 0 Å². The molecular formula is C47H86O5. The molecule has 0 unspecified atom stereocenters. The zero-order chi connectivity index (χ0) is 37.8. The Balaban J connectivity index is 3.56. The Hall–Kier alpha value is -1.88. The molecule has 0 aliphatic rings. The minimum absolute atomic E-state index is 0.0867. The normalized spacial score (nSPS) is 12.4. The molecule has 0 rings (SSSR count). The van der Waals surface area contributed by atoms with Crippen LogP contribution in [0.4, 0.5) is 0 Å². The summed E-state index contributed by atoms with van der Waals surface area (Å²) < 4.78 is 10.6. The van der Waals surface area contributed by atoms with E-state index in [1.807, 2.05) is 0 Å². The van der Waals surface area contributed by atoms with Crippen molar-refractivity contribution >= 4 is 11.9 Å². The quantitative estimate of drug-likeness (QED) is 0.0385. The molecule has 0 saturated heterocycles. The first kappa shape index (κ1) is 50.1. The maximum Gasteiger partial charge on any atom is 0.306 e. The van der Waals surface area contributed by atoms with E-state index in [1.54, 1.807) is 0 Å². The van der Waals surface area contributed by atoms with Crippen LogP contribution in [0.3, 0.4) is 0 Å². The predicted molar refractivity (Wildman–Crippen MR) is 224 cm³/mol. The SMILES string of the molecule is CCCCCC/C=C/CCCCCCCCCC(=O)O[C@@H](CO)COC(=O)CCC/C=C/CC/C=C/CCCCCCCCCCCCCCCC. The molecule has 304 valence electrons. The molecular weight excluding hydrogens is 645 g/mol. The summed E-state index contributed by atoms with van der Waals surface area (Å²) in [7, 11) is 0. The van der Waals surface area contributed by atoms with Gasteiger partial charge in [0, 0.05) is 12.8 Å². The van der Waals surface area contributed by atoms with Gasteiger partial charge in [0.2, 0.25) is 0 Å². The number of carbonyl (C=O) groups is 2. The Morgan fingerprint density at radius 2 is 0.750 bits per heavy atom. The van der Waals surface area contributed by atoms with Crippen molar-refractivity contribution in [2.45, 2.75) is 238 Å². The second-order valence-electron chi connectivity index (χ2n) is 15.1. The Bertz CT molecular complexity index is 832. The number of carbonyl (C=O) groups excluding carboxylic acids is 2. The third kappa shape index (κ3) is 40.9. The van der Waals surface area contributed by atoms with E-state index in [1.165, 1.54) is 161 Å². The minimum Gasteiger partial charge on any atom is -0.462 e. The fraction of sp³-hybridized carbons (Fsp3) is 0.830. The zero-order valence-corrected chi connectivity index (χ0v) is 34.6. The van der Waals surface area contributed by atoms with Crippen LogP contribution < -0.4 is 0 Å². The molecule has 5 nitrogen and oxygen atoms in total. The lowest BCUT2D eigenvalue weighted by Crippen LogP contribution is -2.28. The maximum atomic E-state index is 12.2. The monoisotopic (exact) mass is 731 g/mol. The Labute approximate surface area is 323 Å². The largest absolute Gasteiger partial charge is 0.462 e. The first-order chi connectivity index (χ1) is 25.6. The fourth-order valence-corrected chi connectivity index (χ4v) is 6.45. The summed E-state index contributed by atoms with van der Waals surface area (Å²) >= 11 is 0. The summed E-state index contributed by atoms with van der Waals surface area (Å²) in [5.74, 6) is -0.640. The van der Waals surface area contributed by atoms with Crippen molar-refractivity contribution in [3.8, 4) is 0 Å². The lowest BCUT2D eigenvalue weighted by molar-refractivity contribution is -0.161. The van der Waals surface area contributed by atoms with Gasteiger partial charge >= 0.3 is 11.9 Å². The fourth-order valence-electron chi connectivity index (χ4n) is 6.45. The minimum atomic E-state index is -0.788. The molecule has 1 N–H and O–H groups in total. The van der Waals surface area contributed by atoms with Crippen LogP contribution in [-0.4, -0.2) is 36.4 Å². The van der Waals surface area contributed by atoms with Gasteiger partial charge in [-0.25, -0.2) is 0 Å². The van der Waals surface area contributed by atoms with E-state index in [9.17, 15) is 14.7 Å². The van der Waals surface area contributed by atoms with E-state index in [0.717, 1.165) is 44.9 Å². The van der Waals surface area contributed by atoms with Crippen LogP contribution in [0.2, 0.25) is 0 Å². The molecule has 0 amide bonds. The summed E-state index contributed by atoms with van der Waals surface area (Å²) in [6.45, 7) is 4.11. The number of unbranched alkanes of at least 4 members (excludes halogenated alkanes) is 27. The second-order valence-corrected chi connectivity index (χ2v) is 15.1. The van der Waals surface area contributed by atoms with Gasteiger partial charge in [-0.2, -0.15) is 0 Å². The van der Waals surface area contributed by atoms with Crippen molar-refractivity contribution in [1.29, 1.82) is 0 Å². The van der Waals surface area contributed by atoms with Crippen molar-refractivity contribution in [2.75, 3.05) is 13.2 Å². The molecule has 0 aliphatic carbocycles. The third-order valence-corrected chi connectivity index (χ3v) is 9.88. The highest BCUT2D eigenvalue weighted by atomic mass is 16.6. The van der Waals surface area contributed by atoms with Crippen molar-refractivity contribution in [3.05, 3.63) is 36.5 Å². The number of esters is 2. The molecule has 0 aromatic carbocycles. The highest BCUT2D eigenvalue weighted by Crippen LogP contribution is 2.14. The van der Waals surface area contributed by atoms with Crippen LogP contribution in [-0.2, 0) is 19.1 Å².